The molecule has 38 heavy (non-hydrogen) atoms. The normalized spacial score (nSPS) is 30.5. The molecule has 2 aliphatic carbocycles. The lowest BCUT2D eigenvalue weighted by Crippen LogP contribution is -2.35. The van der Waals surface area contributed by atoms with E-state index in [1.54, 1.807) is 0 Å². The summed E-state index contributed by atoms with van der Waals surface area (Å²) >= 11 is 0. The van der Waals surface area contributed by atoms with Crippen LogP contribution in [0.2, 0.25) is 0 Å². The first-order valence-electron chi connectivity index (χ1n) is 14.7. The second-order valence-electron chi connectivity index (χ2n) is 11.8. The Labute approximate surface area is 234 Å². The molecule has 0 bridgehead atoms. The molecular weight excluding hydrogens is 460 g/mol. The van der Waals surface area contributed by atoms with Gasteiger partial charge in [-0.2, -0.15) is 0 Å². The van der Waals surface area contributed by atoms with Crippen LogP contribution in [0, 0.1) is 47.3 Å². The molecule has 0 N–H and O–H groups in total. The van der Waals surface area contributed by atoms with Crippen molar-refractivity contribution in [2.75, 3.05) is 14.1 Å². The predicted molar refractivity (Wildman–Crippen MR) is 166 cm³/mol. The molecule has 1 aromatic carbocycles. The van der Waals surface area contributed by atoms with Crippen molar-refractivity contribution in [2.24, 2.45) is 47.3 Å². The van der Waals surface area contributed by atoms with Crippen molar-refractivity contribution in [2.45, 2.75) is 53.6 Å². The van der Waals surface area contributed by atoms with Gasteiger partial charge in [0.1, 0.15) is 0 Å². The van der Waals surface area contributed by atoms with Gasteiger partial charge in [0.15, 0.2) is 0 Å². The van der Waals surface area contributed by atoms with Gasteiger partial charge in [0.05, 0.1) is 0 Å². The fourth-order valence-corrected chi connectivity index (χ4v) is 6.96. The van der Waals surface area contributed by atoms with Crippen molar-refractivity contribution in [3.05, 3.63) is 110 Å². The number of rotatable bonds is 12. The Morgan fingerprint density at radius 2 is 1.13 bits per heavy atom. The molecule has 206 valence electrons. The largest absolute Gasteiger partial charge is 0.374 e. The Kier molecular flexibility index (Phi) is 10.5. The van der Waals surface area contributed by atoms with Crippen LogP contribution in [-0.2, 0) is 13.1 Å². The number of hydrogen-bond donors (Lipinski definition) is 0. The van der Waals surface area contributed by atoms with Crippen LogP contribution in [0.5, 0.6) is 0 Å². The van der Waals surface area contributed by atoms with E-state index in [-0.39, 0.29) is 0 Å². The molecule has 0 aliphatic heterocycles. The molecule has 0 fully saturated rings. The monoisotopic (exact) mass is 512 g/mol. The van der Waals surface area contributed by atoms with Crippen molar-refractivity contribution in [1.82, 2.24) is 9.80 Å². The Morgan fingerprint density at radius 3 is 1.47 bits per heavy atom. The maximum absolute atomic E-state index is 4.58. The molecule has 2 heteroatoms. The molecule has 8 unspecified atom stereocenters. The van der Waals surface area contributed by atoms with Gasteiger partial charge in [0.25, 0.3) is 0 Å². The maximum atomic E-state index is 4.58. The Morgan fingerprint density at radius 1 is 0.737 bits per heavy atom. The highest BCUT2D eigenvalue weighted by Crippen LogP contribution is 2.42. The zero-order valence-electron chi connectivity index (χ0n) is 24.9. The molecule has 2 aliphatic rings. The SMILES string of the molecule is C=CC1C(CC)C=CC(C)C1C(=C)N(C)Cc1cccc(CN(C)C(=C)C2C(C)C=CC(CC)C2C=C)c1. The second-order valence-corrected chi connectivity index (χ2v) is 11.8. The highest BCUT2D eigenvalue weighted by Gasteiger charge is 2.36. The molecule has 0 aromatic heterocycles. The fourth-order valence-electron chi connectivity index (χ4n) is 6.96. The van der Waals surface area contributed by atoms with Gasteiger partial charge >= 0.3 is 0 Å². The molecule has 0 spiro atoms. The van der Waals surface area contributed by atoms with Gasteiger partial charge < -0.3 is 9.80 Å². The first-order valence-corrected chi connectivity index (χ1v) is 14.7. The average Bonchev–Trinajstić information content (AvgIpc) is 2.91. The lowest BCUT2D eigenvalue weighted by atomic mass is 9.69. The summed E-state index contributed by atoms with van der Waals surface area (Å²) in [7, 11) is 4.37. The van der Waals surface area contributed by atoms with Crippen LogP contribution < -0.4 is 0 Å². The summed E-state index contributed by atoms with van der Waals surface area (Å²) in [5, 5.41) is 0. The molecule has 0 radical (unpaired) electrons. The molecule has 2 nitrogen and oxygen atoms in total. The van der Waals surface area contributed by atoms with Crippen molar-refractivity contribution in [1.29, 1.82) is 0 Å². The van der Waals surface area contributed by atoms with Crippen LogP contribution >= 0.6 is 0 Å². The third-order valence-electron chi connectivity index (χ3n) is 9.34. The van der Waals surface area contributed by atoms with E-state index in [9.17, 15) is 0 Å². The van der Waals surface area contributed by atoms with Crippen LogP contribution in [0.15, 0.2) is 98.4 Å². The minimum absolute atomic E-state index is 0.390. The zero-order valence-corrected chi connectivity index (χ0v) is 24.9. The van der Waals surface area contributed by atoms with E-state index >= 15 is 0 Å². The standard InChI is InChI=1S/C36H52N2/c1-11-31-20-18-25(5)35(33(31)13-3)27(7)37(9)23-29-16-15-17-30(22-29)24-38(10)28(8)36-26(6)19-21-32(12-2)34(36)14-4/h13-22,25-26,31-36H,3-4,7-8,11-12,23-24H2,1-2,5-6,9-10H3. The highest BCUT2D eigenvalue weighted by molar-refractivity contribution is 5.26. The van der Waals surface area contributed by atoms with Crippen LogP contribution in [0.1, 0.15) is 51.7 Å². The van der Waals surface area contributed by atoms with Crippen molar-refractivity contribution in [3.63, 3.8) is 0 Å². The molecular formula is C36H52N2. The topological polar surface area (TPSA) is 6.48 Å². The minimum atomic E-state index is 0.390. The van der Waals surface area contributed by atoms with Gasteiger partial charge in [0.2, 0.25) is 0 Å². The van der Waals surface area contributed by atoms with E-state index in [4.69, 9.17) is 0 Å². The summed E-state index contributed by atoms with van der Waals surface area (Å²) in [5.41, 5.74) is 5.05. The fraction of sp³-hybridized carbons (Fsp3) is 0.500. The quantitative estimate of drug-likeness (QED) is 0.258. The maximum Gasteiger partial charge on any atom is 0.0423 e. The molecule has 0 heterocycles. The van der Waals surface area contributed by atoms with E-state index in [0.717, 1.165) is 25.9 Å². The third-order valence-corrected chi connectivity index (χ3v) is 9.34. The van der Waals surface area contributed by atoms with Gasteiger partial charge in [0, 0.05) is 50.4 Å². The van der Waals surface area contributed by atoms with E-state index in [1.807, 2.05) is 0 Å². The van der Waals surface area contributed by atoms with Crippen LogP contribution in [-0.4, -0.2) is 23.9 Å². The third kappa shape index (κ3) is 6.45. The van der Waals surface area contributed by atoms with E-state index in [2.05, 4.69) is 139 Å². The van der Waals surface area contributed by atoms with Gasteiger partial charge in [-0.3, -0.25) is 0 Å². The van der Waals surface area contributed by atoms with Crippen molar-refractivity contribution < 1.29 is 0 Å². The summed E-state index contributed by atoms with van der Waals surface area (Å²) in [6, 6.07) is 9.01. The van der Waals surface area contributed by atoms with E-state index in [0.29, 0.717) is 47.3 Å². The molecule has 3 rings (SSSR count). The Balaban J connectivity index is 1.69. The van der Waals surface area contributed by atoms with Gasteiger partial charge in [-0.15, -0.1) is 13.2 Å². The van der Waals surface area contributed by atoms with Gasteiger partial charge in [-0.05, 0) is 59.5 Å². The van der Waals surface area contributed by atoms with Crippen molar-refractivity contribution in [3.8, 4) is 0 Å². The first kappa shape index (κ1) is 29.8. The molecule has 0 amide bonds. The lowest BCUT2D eigenvalue weighted by Gasteiger charge is -2.41. The predicted octanol–water partition coefficient (Wildman–Crippen LogP) is 8.88. The molecule has 0 saturated heterocycles. The lowest BCUT2D eigenvalue weighted by molar-refractivity contribution is 0.223. The highest BCUT2D eigenvalue weighted by atomic mass is 15.1. The number of benzene rings is 1. The van der Waals surface area contributed by atoms with Crippen LogP contribution in [0.25, 0.3) is 0 Å². The molecule has 0 saturated carbocycles. The van der Waals surface area contributed by atoms with Crippen LogP contribution in [0.4, 0.5) is 0 Å². The van der Waals surface area contributed by atoms with Crippen LogP contribution in [0.3, 0.4) is 0 Å². The summed E-state index contributed by atoms with van der Waals surface area (Å²) in [5.74, 6) is 3.66. The number of nitrogens with zero attached hydrogens (tertiary/aromatic N) is 2. The minimum Gasteiger partial charge on any atom is -0.374 e. The number of allylic oxidation sites excluding steroid dienone is 8. The van der Waals surface area contributed by atoms with Crippen molar-refractivity contribution >= 4 is 0 Å². The summed E-state index contributed by atoms with van der Waals surface area (Å²) < 4.78 is 0. The summed E-state index contributed by atoms with van der Waals surface area (Å²) in [4.78, 5) is 4.70. The second kappa shape index (κ2) is 13.4. The average molecular weight is 513 g/mol. The summed E-state index contributed by atoms with van der Waals surface area (Å²) in [6.07, 6.45) is 16.1. The summed E-state index contributed by atoms with van der Waals surface area (Å²) in [6.45, 7) is 28.4. The number of hydrogen-bond acceptors (Lipinski definition) is 2. The molecule has 8 atom stereocenters. The smallest absolute Gasteiger partial charge is 0.0423 e. The van der Waals surface area contributed by atoms with Gasteiger partial charge in [-0.25, -0.2) is 0 Å². The zero-order chi connectivity index (χ0) is 28.0. The Hall–Kier alpha value is -2.74. The Bertz CT molecular complexity index is 966. The van der Waals surface area contributed by atoms with E-state index in [1.165, 1.54) is 22.5 Å². The van der Waals surface area contributed by atoms with E-state index < -0.39 is 0 Å². The molecule has 1 aromatic rings. The first-order chi connectivity index (χ1) is 18.2. The van der Waals surface area contributed by atoms with Gasteiger partial charge in [-0.1, -0.05) is 102 Å².